The van der Waals surface area contributed by atoms with Gasteiger partial charge < -0.3 is 4.67 Å². The van der Waals surface area contributed by atoms with Crippen LogP contribution in [0.25, 0.3) is 0 Å². The highest BCUT2D eigenvalue weighted by Gasteiger charge is 2.38. The Morgan fingerprint density at radius 3 is 2.44 bits per heavy atom. The van der Waals surface area contributed by atoms with Crippen molar-refractivity contribution in [3.63, 3.8) is 0 Å². The van der Waals surface area contributed by atoms with Crippen molar-refractivity contribution in [1.82, 2.24) is 0 Å². The summed E-state index contributed by atoms with van der Waals surface area (Å²) in [5, 5.41) is 1.04. The highest BCUT2D eigenvalue weighted by Crippen LogP contribution is 2.55. The number of hydrogen-bond donors (Lipinski definition) is 0. The molecule has 3 rings (SSSR count). The van der Waals surface area contributed by atoms with E-state index in [1.165, 1.54) is 5.56 Å². The molecule has 1 unspecified atom stereocenters. The molecule has 0 N–H and O–H groups in total. The van der Waals surface area contributed by atoms with E-state index in [-0.39, 0.29) is 0 Å². The fourth-order valence-electron chi connectivity index (χ4n) is 2.61. The maximum Gasteiger partial charge on any atom is 0.201 e. The third-order valence-corrected chi connectivity index (χ3v) is 6.76. The highest BCUT2D eigenvalue weighted by molar-refractivity contribution is 7.73. The molecule has 0 spiro atoms. The van der Waals surface area contributed by atoms with Crippen LogP contribution in [0.5, 0.6) is 0 Å². The third kappa shape index (κ3) is 1.60. The van der Waals surface area contributed by atoms with Crippen LogP contribution in [0.15, 0.2) is 54.6 Å². The first-order valence-corrected chi connectivity index (χ1v) is 8.11. The van der Waals surface area contributed by atoms with Gasteiger partial charge in [-0.05, 0) is 23.8 Å². The molecule has 0 radical (unpaired) electrons. The molecule has 0 saturated heterocycles. The summed E-state index contributed by atoms with van der Waals surface area (Å²) in [5.74, 6) is 0. The molecule has 0 aromatic heterocycles. The maximum atomic E-state index is 13.3. The van der Waals surface area contributed by atoms with E-state index < -0.39 is 7.29 Å². The summed E-state index contributed by atoms with van der Waals surface area (Å²) in [6.45, 7) is 2.77. The second-order valence-electron chi connectivity index (χ2n) is 4.54. The largest absolute Gasteiger partial charge is 0.315 e. The molecule has 0 aliphatic carbocycles. The second kappa shape index (κ2) is 4.29. The Bertz CT molecular complexity index is 609. The van der Waals surface area contributed by atoms with E-state index in [0.29, 0.717) is 6.16 Å². The number of para-hydroxylation sites is 1. The lowest BCUT2D eigenvalue weighted by Crippen LogP contribution is -2.17. The Kier molecular flexibility index (Phi) is 2.76. The van der Waals surface area contributed by atoms with E-state index in [9.17, 15) is 4.57 Å². The van der Waals surface area contributed by atoms with E-state index >= 15 is 0 Å². The van der Waals surface area contributed by atoms with Gasteiger partial charge >= 0.3 is 0 Å². The molecule has 1 atom stereocenters. The van der Waals surface area contributed by atoms with Crippen LogP contribution < -0.4 is 9.97 Å². The predicted molar refractivity (Wildman–Crippen MR) is 76.8 cm³/mol. The monoisotopic (exact) mass is 257 g/mol. The van der Waals surface area contributed by atoms with Gasteiger partial charge in [-0.25, -0.2) is 0 Å². The molecule has 2 aromatic carbocycles. The summed E-state index contributed by atoms with van der Waals surface area (Å²) in [6.07, 6.45) is 0.679. The SMILES string of the molecule is CCP1(=O)c2ccccc2CN1c1ccccc1. The zero-order chi connectivity index (χ0) is 12.6. The zero-order valence-electron chi connectivity index (χ0n) is 10.4. The molecule has 3 heteroatoms. The van der Waals surface area contributed by atoms with Gasteiger partial charge in [-0.15, -0.1) is 0 Å². The van der Waals surface area contributed by atoms with Crippen molar-refractivity contribution in [3.05, 3.63) is 60.2 Å². The molecule has 0 saturated carbocycles. The molecule has 18 heavy (non-hydrogen) atoms. The van der Waals surface area contributed by atoms with E-state index in [0.717, 1.165) is 17.5 Å². The first-order valence-electron chi connectivity index (χ1n) is 6.26. The van der Waals surface area contributed by atoms with E-state index in [1.807, 2.05) is 55.5 Å². The summed E-state index contributed by atoms with van der Waals surface area (Å²) >= 11 is 0. The van der Waals surface area contributed by atoms with Gasteiger partial charge in [0, 0.05) is 17.2 Å². The van der Waals surface area contributed by atoms with Crippen molar-refractivity contribution >= 4 is 18.3 Å². The molecular weight excluding hydrogens is 241 g/mol. The molecule has 1 heterocycles. The minimum absolute atomic E-state index is 0.679. The minimum Gasteiger partial charge on any atom is -0.315 e. The van der Waals surface area contributed by atoms with Crippen molar-refractivity contribution in [1.29, 1.82) is 0 Å². The molecule has 1 aliphatic rings. The third-order valence-electron chi connectivity index (χ3n) is 3.56. The Morgan fingerprint density at radius 2 is 1.72 bits per heavy atom. The zero-order valence-corrected chi connectivity index (χ0v) is 11.3. The standard InChI is InChI=1S/C15H16NOP/c1-2-18(17)15-11-7-6-8-13(15)12-16(18)14-9-4-3-5-10-14/h3-11H,2,12H2,1H3. The number of anilines is 1. The average molecular weight is 257 g/mol. The molecule has 0 amide bonds. The van der Waals surface area contributed by atoms with Crippen LogP contribution in [0, 0.1) is 0 Å². The van der Waals surface area contributed by atoms with E-state index in [1.54, 1.807) is 0 Å². The van der Waals surface area contributed by atoms with E-state index in [4.69, 9.17) is 0 Å². The van der Waals surface area contributed by atoms with Crippen LogP contribution in [0.1, 0.15) is 12.5 Å². The van der Waals surface area contributed by atoms with Gasteiger partial charge in [0.1, 0.15) is 0 Å². The lowest BCUT2D eigenvalue weighted by Gasteiger charge is -2.26. The number of hydrogen-bond acceptors (Lipinski definition) is 1. The summed E-state index contributed by atoms with van der Waals surface area (Å²) < 4.78 is 15.3. The first kappa shape index (κ1) is 11.6. The van der Waals surface area contributed by atoms with Gasteiger partial charge in [0.25, 0.3) is 0 Å². The Morgan fingerprint density at radius 1 is 1.06 bits per heavy atom. The van der Waals surface area contributed by atoms with Gasteiger partial charge in [0.05, 0.1) is 6.54 Å². The van der Waals surface area contributed by atoms with Crippen LogP contribution in [0.3, 0.4) is 0 Å². The first-order chi connectivity index (χ1) is 8.75. The van der Waals surface area contributed by atoms with Crippen LogP contribution in [0.2, 0.25) is 0 Å². The summed E-state index contributed by atoms with van der Waals surface area (Å²) in [7, 11) is -2.44. The van der Waals surface area contributed by atoms with Crippen molar-refractivity contribution in [2.45, 2.75) is 13.5 Å². The molecule has 92 valence electrons. The number of nitrogens with zero attached hydrogens (tertiary/aromatic N) is 1. The van der Waals surface area contributed by atoms with E-state index in [2.05, 4.69) is 10.7 Å². The summed E-state index contributed by atoms with van der Waals surface area (Å²) in [5.41, 5.74) is 2.26. The summed E-state index contributed by atoms with van der Waals surface area (Å²) in [4.78, 5) is 0. The Labute approximate surface area is 108 Å². The number of fused-ring (bicyclic) bond motifs is 1. The van der Waals surface area contributed by atoms with Crippen LogP contribution >= 0.6 is 7.29 Å². The maximum absolute atomic E-state index is 13.3. The van der Waals surface area contributed by atoms with Gasteiger partial charge in [0.2, 0.25) is 7.29 Å². The quantitative estimate of drug-likeness (QED) is 0.766. The highest BCUT2D eigenvalue weighted by atomic mass is 31.2. The molecule has 2 aromatic rings. The molecule has 1 aliphatic heterocycles. The number of rotatable bonds is 2. The fraction of sp³-hybridized carbons (Fsp3) is 0.200. The smallest absolute Gasteiger partial charge is 0.201 e. The minimum atomic E-state index is -2.44. The lowest BCUT2D eigenvalue weighted by molar-refractivity contribution is 0.580. The summed E-state index contributed by atoms with van der Waals surface area (Å²) in [6, 6.07) is 18.2. The van der Waals surface area contributed by atoms with Gasteiger partial charge in [0.15, 0.2) is 0 Å². The van der Waals surface area contributed by atoms with Gasteiger partial charge in [-0.2, -0.15) is 0 Å². The second-order valence-corrected chi connectivity index (χ2v) is 7.54. The fourth-order valence-corrected chi connectivity index (χ4v) is 5.35. The van der Waals surface area contributed by atoms with Gasteiger partial charge in [-0.1, -0.05) is 43.3 Å². The number of benzene rings is 2. The van der Waals surface area contributed by atoms with Crippen molar-refractivity contribution in [3.8, 4) is 0 Å². The van der Waals surface area contributed by atoms with Crippen molar-refractivity contribution < 1.29 is 4.57 Å². The van der Waals surface area contributed by atoms with Gasteiger partial charge in [-0.3, -0.25) is 4.57 Å². The van der Waals surface area contributed by atoms with Crippen molar-refractivity contribution in [2.75, 3.05) is 10.8 Å². The Balaban J connectivity index is 2.13. The molecular formula is C15H16NOP. The molecule has 0 fully saturated rings. The average Bonchev–Trinajstić information content (AvgIpc) is 2.74. The molecule has 2 nitrogen and oxygen atoms in total. The van der Waals surface area contributed by atoms with Crippen molar-refractivity contribution in [2.24, 2.45) is 0 Å². The van der Waals surface area contributed by atoms with Crippen LogP contribution in [0.4, 0.5) is 5.69 Å². The van der Waals surface area contributed by atoms with Crippen LogP contribution in [-0.2, 0) is 11.1 Å². The van der Waals surface area contributed by atoms with Crippen LogP contribution in [-0.4, -0.2) is 6.16 Å². The Hall–Kier alpha value is -1.53. The predicted octanol–water partition coefficient (Wildman–Crippen LogP) is 3.63. The molecule has 0 bridgehead atoms. The lowest BCUT2D eigenvalue weighted by atomic mass is 10.2. The normalized spacial score (nSPS) is 21.9. The topological polar surface area (TPSA) is 20.3 Å².